The maximum atomic E-state index is 13.5. The molecule has 3 aromatic rings. The number of amides is 1. The van der Waals surface area contributed by atoms with Crippen molar-refractivity contribution < 1.29 is 9.53 Å². The smallest absolute Gasteiger partial charge is 0.262 e. The molecule has 2 fully saturated rings. The van der Waals surface area contributed by atoms with Crippen LogP contribution in [0.4, 0.5) is 0 Å². The van der Waals surface area contributed by atoms with Crippen molar-refractivity contribution in [1.82, 2.24) is 14.5 Å². The van der Waals surface area contributed by atoms with Gasteiger partial charge in [0.1, 0.15) is 5.25 Å². The molecule has 0 radical (unpaired) electrons. The number of likely N-dealkylation sites (tertiary alicyclic amines) is 1. The van der Waals surface area contributed by atoms with Gasteiger partial charge in [0.15, 0.2) is 5.16 Å². The Morgan fingerprint density at radius 2 is 1.81 bits per heavy atom. The van der Waals surface area contributed by atoms with Gasteiger partial charge in [-0.1, -0.05) is 54.2 Å². The average molecular weight is 450 g/mol. The number of ether oxygens (including phenoxy) is 1. The van der Waals surface area contributed by atoms with Gasteiger partial charge in [0.25, 0.3) is 5.56 Å². The zero-order valence-corrected chi connectivity index (χ0v) is 18.8. The fourth-order valence-electron chi connectivity index (χ4n) is 4.49. The number of para-hydroxylation sites is 1. The van der Waals surface area contributed by atoms with E-state index in [4.69, 9.17) is 9.72 Å². The number of hydrogen-bond donors (Lipinski definition) is 0. The molecule has 2 aliphatic rings. The van der Waals surface area contributed by atoms with E-state index in [1.165, 1.54) is 11.8 Å². The summed E-state index contributed by atoms with van der Waals surface area (Å²) in [5.41, 5.74) is 1.51. The van der Waals surface area contributed by atoms with Crippen molar-refractivity contribution in [3.05, 3.63) is 70.5 Å². The Balaban J connectivity index is 1.57. The average Bonchev–Trinajstić information content (AvgIpc) is 3.54. The van der Waals surface area contributed by atoms with Crippen molar-refractivity contribution in [2.45, 2.75) is 48.7 Å². The van der Waals surface area contributed by atoms with Crippen LogP contribution in [0.5, 0.6) is 0 Å². The van der Waals surface area contributed by atoms with E-state index in [2.05, 4.69) is 0 Å². The van der Waals surface area contributed by atoms with E-state index in [1.54, 1.807) is 4.57 Å². The molecule has 0 spiro atoms. The zero-order valence-electron chi connectivity index (χ0n) is 18.0. The van der Waals surface area contributed by atoms with E-state index in [1.807, 2.05) is 59.5 Å². The van der Waals surface area contributed by atoms with Gasteiger partial charge in [0.2, 0.25) is 5.91 Å². The number of hydrogen-bond acceptors (Lipinski definition) is 5. The molecule has 5 rings (SSSR count). The van der Waals surface area contributed by atoms with Crippen molar-refractivity contribution in [2.24, 2.45) is 0 Å². The second-order valence-corrected chi connectivity index (χ2v) is 9.48. The van der Waals surface area contributed by atoms with Crippen LogP contribution in [0, 0.1) is 0 Å². The first-order valence-electron chi connectivity index (χ1n) is 11.3. The van der Waals surface area contributed by atoms with Crippen LogP contribution in [-0.4, -0.2) is 46.2 Å². The van der Waals surface area contributed by atoms with Gasteiger partial charge in [0, 0.05) is 19.7 Å². The number of thioether (sulfide) groups is 1. The first-order valence-corrected chi connectivity index (χ1v) is 12.2. The van der Waals surface area contributed by atoms with Crippen molar-refractivity contribution in [1.29, 1.82) is 0 Å². The molecule has 2 saturated heterocycles. The van der Waals surface area contributed by atoms with Crippen LogP contribution < -0.4 is 5.56 Å². The zero-order chi connectivity index (χ0) is 21.9. The molecule has 2 aliphatic heterocycles. The molecule has 2 atom stereocenters. The SMILES string of the molecule is O=C([C@@H](Sc1nc2ccccc2c(=O)n1C[C@@H]1CCCO1)c1ccccc1)N1CCCC1. The summed E-state index contributed by atoms with van der Waals surface area (Å²) in [7, 11) is 0. The van der Waals surface area contributed by atoms with Crippen molar-refractivity contribution in [3.63, 3.8) is 0 Å². The normalized spacial score (nSPS) is 19.5. The lowest BCUT2D eigenvalue weighted by Gasteiger charge is -2.24. The maximum Gasteiger partial charge on any atom is 0.262 e. The number of rotatable bonds is 6. The highest BCUT2D eigenvalue weighted by Crippen LogP contribution is 2.37. The van der Waals surface area contributed by atoms with Crippen LogP contribution in [-0.2, 0) is 16.1 Å². The van der Waals surface area contributed by atoms with Crippen molar-refractivity contribution in [3.8, 4) is 0 Å². The lowest BCUT2D eigenvalue weighted by atomic mass is 10.1. The van der Waals surface area contributed by atoms with Crippen LogP contribution >= 0.6 is 11.8 Å². The molecule has 166 valence electrons. The summed E-state index contributed by atoms with van der Waals surface area (Å²) in [4.78, 5) is 33.8. The standard InChI is InChI=1S/C25H27N3O3S/c29-23-20-12-4-5-13-21(20)26-25(28(23)17-19-11-8-16-31-19)32-22(18-9-2-1-3-10-18)24(30)27-14-6-7-15-27/h1-5,9-10,12-13,19,22H,6-8,11,14-17H2/t19-,22-/m0/s1. The number of aromatic nitrogens is 2. The molecule has 0 aliphatic carbocycles. The van der Waals surface area contributed by atoms with Crippen LogP contribution in [0.1, 0.15) is 36.5 Å². The Morgan fingerprint density at radius 1 is 1.06 bits per heavy atom. The highest BCUT2D eigenvalue weighted by molar-refractivity contribution is 8.00. The quantitative estimate of drug-likeness (QED) is 0.420. The van der Waals surface area contributed by atoms with Crippen LogP contribution in [0.2, 0.25) is 0 Å². The minimum atomic E-state index is -0.446. The molecule has 7 heteroatoms. The molecule has 0 saturated carbocycles. The van der Waals surface area contributed by atoms with Gasteiger partial charge < -0.3 is 9.64 Å². The van der Waals surface area contributed by atoms with Crippen LogP contribution in [0.15, 0.2) is 64.5 Å². The molecule has 2 aromatic carbocycles. The van der Waals surface area contributed by atoms with E-state index >= 15 is 0 Å². The van der Waals surface area contributed by atoms with Gasteiger partial charge in [-0.15, -0.1) is 0 Å². The fraction of sp³-hybridized carbons (Fsp3) is 0.400. The number of benzene rings is 2. The van der Waals surface area contributed by atoms with Gasteiger partial charge in [-0.3, -0.25) is 14.2 Å². The Bertz CT molecular complexity index is 1150. The van der Waals surface area contributed by atoms with Crippen LogP contribution in [0.25, 0.3) is 10.9 Å². The van der Waals surface area contributed by atoms with Crippen molar-refractivity contribution >= 4 is 28.6 Å². The fourth-order valence-corrected chi connectivity index (χ4v) is 5.68. The topological polar surface area (TPSA) is 64.4 Å². The molecule has 32 heavy (non-hydrogen) atoms. The minimum Gasteiger partial charge on any atom is -0.376 e. The van der Waals surface area contributed by atoms with E-state index in [-0.39, 0.29) is 17.6 Å². The molecule has 1 amide bonds. The van der Waals surface area contributed by atoms with Gasteiger partial charge in [-0.05, 0) is 43.4 Å². The van der Waals surface area contributed by atoms with Gasteiger partial charge in [-0.25, -0.2) is 4.98 Å². The van der Waals surface area contributed by atoms with Gasteiger partial charge in [0.05, 0.1) is 23.6 Å². The van der Waals surface area contributed by atoms with E-state index in [0.29, 0.717) is 22.6 Å². The lowest BCUT2D eigenvalue weighted by Crippen LogP contribution is -2.33. The van der Waals surface area contributed by atoms with Gasteiger partial charge in [-0.2, -0.15) is 0 Å². The number of fused-ring (bicyclic) bond motifs is 1. The highest BCUT2D eigenvalue weighted by atomic mass is 32.2. The minimum absolute atomic E-state index is 0.000490. The Morgan fingerprint density at radius 3 is 2.56 bits per heavy atom. The largest absolute Gasteiger partial charge is 0.376 e. The van der Waals surface area contributed by atoms with E-state index in [0.717, 1.165) is 50.9 Å². The highest BCUT2D eigenvalue weighted by Gasteiger charge is 2.31. The molecule has 3 heterocycles. The third-order valence-electron chi connectivity index (χ3n) is 6.20. The molecular formula is C25H27N3O3S. The molecule has 0 unspecified atom stereocenters. The third kappa shape index (κ3) is 4.32. The second kappa shape index (κ2) is 9.46. The van der Waals surface area contributed by atoms with Gasteiger partial charge >= 0.3 is 0 Å². The number of carbonyl (C=O) groups is 1. The maximum absolute atomic E-state index is 13.5. The molecule has 0 N–H and O–H groups in total. The Kier molecular flexibility index (Phi) is 6.28. The monoisotopic (exact) mass is 449 g/mol. The molecule has 1 aromatic heterocycles. The molecule has 6 nitrogen and oxygen atoms in total. The molecular weight excluding hydrogens is 422 g/mol. The van der Waals surface area contributed by atoms with Crippen LogP contribution in [0.3, 0.4) is 0 Å². The summed E-state index contributed by atoms with van der Waals surface area (Å²) >= 11 is 1.38. The summed E-state index contributed by atoms with van der Waals surface area (Å²) < 4.78 is 7.54. The summed E-state index contributed by atoms with van der Waals surface area (Å²) in [5.74, 6) is 0.0878. The number of nitrogens with zero attached hydrogens (tertiary/aromatic N) is 3. The Labute approximate surface area is 191 Å². The summed E-state index contributed by atoms with van der Waals surface area (Å²) in [6, 6.07) is 17.2. The first-order chi connectivity index (χ1) is 15.7. The van der Waals surface area contributed by atoms with Crippen molar-refractivity contribution in [2.75, 3.05) is 19.7 Å². The van der Waals surface area contributed by atoms with E-state index in [9.17, 15) is 9.59 Å². The predicted molar refractivity (Wildman–Crippen MR) is 126 cm³/mol. The third-order valence-corrected chi connectivity index (χ3v) is 7.44. The number of carbonyl (C=O) groups excluding carboxylic acids is 1. The molecule has 0 bridgehead atoms. The summed E-state index contributed by atoms with van der Waals surface area (Å²) in [6.45, 7) is 2.76. The first kappa shape index (κ1) is 21.2. The second-order valence-electron chi connectivity index (χ2n) is 8.40. The lowest BCUT2D eigenvalue weighted by molar-refractivity contribution is -0.129. The van der Waals surface area contributed by atoms with E-state index < -0.39 is 5.25 Å². The summed E-state index contributed by atoms with van der Waals surface area (Å²) in [6.07, 6.45) is 4.01. The summed E-state index contributed by atoms with van der Waals surface area (Å²) in [5, 5.41) is 0.723. The Hall–Kier alpha value is -2.64. The predicted octanol–water partition coefficient (Wildman–Crippen LogP) is 4.03.